The van der Waals surface area contributed by atoms with Gasteiger partial charge in [0, 0.05) is 24.5 Å². The highest BCUT2D eigenvalue weighted by atomic mass is 16.5. The Hall–Kier alpha value is -2.07. The second-order valence-corrected chi connectivity index (χ2v) is 3.80. The van der Waals surface area contributed by atoms with E-state index in [2.05, 4.69) is 4.98 Å². The molecule has 0 radical (unpaired) electrons. The number of para-hydroxylation sites is 1. The second kappa shape index (κ2) is 6.02. The summed E-state index contributed by atoms with van der Waals surface area (Å²) in [6.07, 6.45) is 3.48. The van der Waals surface area contributed by atoms with E-state index in [0.29, 0.717) is 24.7 Å². The van der Waals surface area contributed by atoms with Crippen LogP contribution in [0.2, 0.25) is 0 Å². The predicted molar refractivity (Wildman–Crippen MR) is 69.5 cm³/mol. The number of hydrogen-bond donors (Lipinski definition) is 1. The number of aromatic nitrogens is 1. The van der Waals surface area contributed by atoms with Gasteiger partial charge in [-0.2, -0.15) is 0 Å². The molecule has 2 rings (SSSR count). The third-order valence-electron chi connectivity index (χ3n) is 2.63. The third kappa shape index (κ3) is 2.78. The summed E-state index contributed by atoms with van der Waals surface area (Å²) in [5.41, 5.74) is 7.69. The molecule has 0 aliphatic carbocycles. The van der Waals surface area contributed by atoms with E-state index >= 15 is 0 Å². The number of nitrogens with zero attached hydrogens (tertiary/aromatic N) is 1. The average Bonchev–Trinajstić information content (AvgIpc) is 2.45. The highest BCUT2D eigenvalue weighted by Gasteiger charge is 2.09. The fourth-order valence-electron chi connectivity index (χ4n) is 1.68. The third-order valence-corrected chi connectivity index (χ3v) is 2.63. The van der Waals surface area contributed by atoms with Gasteiger partial charge in [0.05, 0.1) is 7.11 Å². The minimum absolute atomic E-state index is 0.420. The molecule has 4 heteroatoms. The van der Waals surface area contributed by atoms with Crippen molar-refractivity contribution in [1.29, 1.82) is 0 Å². The molecule has 0 atom stereocenters. The fourth-order valence-corrected chi connectivity index (χ4v) is 1.68. The standard InChI is InChI=1S/C14H16N2O2/c1-17-13-4-2-3-12(9-15)14(13)18-10-11-5-7-16-8-6-11/h2-8H,9-10,15H2,1H3. The number of benzene rings is 1. The maximum atomic E-state index is 5.80. The molecule has 1 aromatic carbocycles. The molecule has 0 unspecified atom stereocenters. The Balaban J connectivity index is 2.17. The highest BCUT2D eigenvalue weighted by molar-refractivity contribution is 5.46. The Morgan fingerprint density at radius 1 is 1.17 bits per heavy atom. The van der Waals surface area contributed by atoms with E-state index in [1.807, 2.05) is 30.3 Å². The van der Waals surface area contributed by atoms with Crippen molar-refractivity contribution in [3.63, 3.8) is 0 Å². The quantitative estimate of drug-likeness (QED) is 0.875. The molecule has 4 nitrogen and oxygen atoms in total. The molecule has 0 saturated heterocycles. The lowest BCUT2D eigenvalue weighted by molar-refractivity contribution is 0.281. The first-order chi connectivity index (χ1) is 8.85. The summed E-state index contributed by atoms with van der Waals surface area (Å²) in [6, 6.07) is 9.53. The van der Waals surface area contributed by atoms with E-state index in [9.17, 15) is 0 Å². The van der Waals surface area contributed by atoms with Crippen molar-refractivity contribution in [2.24, 2.45) is 5.73 Å². The minimum atomic E-state index is 0.420. The maximum Gasteiger partial charge on any atom is 0.166 e. The van der Waals surface area contributed by atoms with Crippen LogP contribution in [0.5, 0.6) is 11.5 Å². The van der Waals surface area contributed by atoms with Crippen LogP contribution in [-0.2, 0) is 13.2 Å². The number of nitrogens with two attached hydrogens (primary N) is 1. The van der Waals surface area contributed by atoms with E-state index in [4.69, 9.17) is 15.2 Å². The first-order valence-corrected chi connectivity index (χ1v) is 5.72. The summed E-state index contributed by atoms with van der Waals surface area (Å²) in [4.78, 5) is 3.97. The van der Waals surface area contributed by atoms with Crippen LogP contribution >= 0.6 is 0 Å². The summed E-state index contributed by atoms with van der Waals surface area (Å²) in [5.74, 6) is 1.41. The largest absolute Gasteiger partial charge is 0.493 e. The Morgan fingerprint density at radius 3 is 2.61 bits per heavy atom. The molecule has 0 aliphatic heterocycles. The van der Waals surface area contributed by atoms with Crippen molar-refractivity contribution in [2.75, 3.05) is 7.11 Å². The molecule has 1 heterocycles. The van der Waals surface area contributed by atoms with Crippen molar-refractivity contribution in [3.8, 4) is 11.5 Å². The van der Waals surface area contributed by atoms with Gasteiger partial charge in [0.15, 0.2) is 11.5 Å². The normalized spacial score (nSPS) is 10.1. The van der Waals surface area contributed by atoms with Crippen LogP contribution in [-0.4, -0.2) is 12.1 Å². The first kappa shape index (κ1) is 12.4. The van der Waals surface area contributed by atoms with Crippen LogP contribution in [0.3, 0.4) is 0 Å². The number of pyridine rings is 1. The van der Waals surface area contributed by atoms with Crippen molar-refractivity contribution in [3.05, 3.63) is 53.9 Å². The molecule has 0 aliphatic rings. The lowest BCUT2D eigenvalue weighted by Crippen LogP contribution is -2.04. The van der Waals surface area contributed by atoms with Gasteiger partial charge in [0.2, 0.25) is 0 Å². The van der Waals surface area contributed by atoms with Crippen molar-refractivity contribution >= 4 is 0 Å². The van der Waals surface area contributed by atoms with Gasteiger partial charge in [-0.15, -0.1) is 0 Å². The molecule has 18 heavy (non-hydrogen) atoms. The van der Waals surface area contributed by atoms with Gasteiger partial charge in [0.25, 0.3) is 0 Å². The smallest absolute Gasteiger partial charge is 0.166 e. The van der Waals surface area contributed by atoms with Crippen LogP contribution in [0.25, 0.3) is 0 Å². The predicted octanol–water partition coefficient (Wildman–Crippen LogP) is 2.13. The Bertz CT molecular complexity index is 478. The topological polar surface area (TPSA) is 57.4 Å². The van der Waals surface area contributed by atoms with Crippen LogP contribution in [0.15, 0.2) is 42.7 Å². The number of rotatable bonds is 5. The number of hydrogen-bond acceptors (Lipinski definition) is 4. The SMILES string of the molecule is COc1cccc(CN)c1OCc1ccncc1. The van der Waals surface area contributed by atoms with Crippen molar-refractivity contribution in [1.82, 2.24) is 4.98 Å². The van der Waals surface area contributed by atoms with E-state index in [0.717, 1.165) is 11.1 Å². The van der Waals surface area contributed by atoms with E-state index in [-0.39, 0.29) is 0 Å². The van der Waals surface area contributed by atoms with Gasteiger partial charge in [-0.05, 0) is 23.8 Å². The van der Waals surface area contributed by atoms with Gasteiger partial charge in [-0.3, -0.25) is 4.98 Å². The zero-order valence-corrected chi connectivity index (χ0v) is 10.3. The van der Waals surface area contributed by atoms with Gasteiger partial charge in [-0.1, -0.05) is 12.1 Å². The molecule has 94 valence electrons. The van der Waals surface area contributed by atoms with Crippen LogP contribution in [0, 0.1) is 0 Å². The zero-order valence-electron chi connectivity index (χ0n) is 10.3. The van der Waals surface area contributed by atoms with Gasteiger partial charge in [-0.25, -0.2) is 0 Å². The van der Waals surface area contributed by atoms with Crippen molar-refractivity contribution < 1.29 is 9.47 Å². The maximum absolute atomic E-state index is 5.80. The lowest BCUT2D eigenvalue weighted by Gasteiger charge is -2.14. The summed E-state index contributed by atoms with van der Waals surface area (Å²) in [5, 5.41) is 0. The van der Waals surface area contributed by atoms with Crippen molar-refractivity contribution in [2.45, 2.75) is 13.2 Å². The molecule has 1 aromatic heterocycles. The highest BCUT2D eigenvalue weighted by Crippen LogP contribution is 2.31. The lowest BCUT2D eigenvalue weighted by atomic mass is 10.2. The molecular weight excluding hydrogens is 228 g/mol. The Morgan fingerprint density at radius 2 is 1.94 bits per heavy atom. The molecule has 0 amide bonds. The molecule has 0 fully saturated rings. The molecule has 2 aromatic rings. The molecular formula is C14H16N2O2. The molecule has 0 bridgehead atoms. The summed E-state index contributed by atoms with van der Waals surface area (Å²) < 4.78 is 11.1. The zero-order chi connectivity index (χ0) is 12.8. The van der Waals surface area contributed by atoms with E-state index in [1.165, 1.54) is 0 Å². The van der Waals surface area contributed by atoms with Crippen LogP contribution < -0.4 is 15.2 Å². The minimum Gasteiger partial charge on any atom is -0.493 e. The van der Waals surface area contributed by atoms with Gasteiger partial charge < -0.3 is 15.2 Å². The first-order valence-electron chi connectivity index (χ1n) is 5.72. The summed E-state index contributed by atoms with van der Waals surface area (Å²) >= 11 is 0. The average molecular weight is 244 g/mol. The van der Waals surface area contributed by atoms with E-state index < -0.39 is 0 Å². The molecule has 2 N–H and O–H groups in total. The van der Waals surface area contributed by atoms with Crippen LogP contribution in [0.4, 0.5) is 0 Å². The Labute approximate surface area is 106 Å². The summed E-state index contributed by atoms with van der Waals surface area (Å²) in [6.45, 7) is 0.888. The van der Waals surface area contributed by atoms with Crippen LogP contribution in [0.1, 0.15) is 11.1 Å². The van der Waals surface area contributed by atoms with E-state index in [1.54, 1.807) is 19.5 Å². The summed E-state index contributed by atoms with van der Waals surface area (Å²) in [7, 11) is 1.62. The molecule has 0 saturated carbocycles. The number of ether oxygens (including phenoxy) is 2. The van der Waals surface area contributed by atoms with Gasteiger partial charge in [0.1, 0.15) is 6.61 Å². The molecule has 0 spiro atoms. The number of methoxy groups -OCH3 is 1. The fraction of sp³-hybridized carbons (Fsp3) is 0.214. The van der Waals surface area contributed by atoms with Gasteiger partial charge >= 0.3 is 0 Å². The second-order valence-electron chi connectivity index (χ2n) is 3.80. The Kier molecular flexibility index (Phi) is 4.15. The monoisotopic (exact) mass is 244 g/mol.